The van der Waals surface area contributed by atoms with Gasteiger partial charge in [-0.25, -0.2) is 4.21 Å². The summed E-state index contributed by atoms with van der Waals surface area (Å²) in [6, 6.07) is 6.29. The first kappa shape index (κ1) is 43.5. The number of ether oxygens (including phenoxy) is 2. The van der Waals surface area contributed by atoms with Gasteiger partial charge in [0, 0.05) is 33.4 Å². The lowest BCUT2D eigenvalue weighted by atomic mass is 9.90. The van der Waals surface area contributed by atoms with E-state index in [9.17, 15) is 23.4 Å². The highest BCUT2D eigenvalue weighted by Crippen LogP contribution is 2.45. The zero-order valence-corrected chi connectivity index (χ0v) is 34.0. The normalized spacial score (nSPS) is 20.8. The largest absolute Gasteiger partial charge is 0.379 e. The summed E-state index contributed by atoms with van der Waals surface area (Å²) in [5.41, 5.74) is 1.12. The molecule has 1 saturated carbocycles. The Bertz CT molecular complexity index is 1380. The molecule has 1 aromatic carbocycles. The van der Waals surface area contributed by atoms with Crippen molar-refractivity contribution in [3.8, 4) is 0 Å². The fraction of sp³-hybridized carbons (Fsp3) is 0.737. The summed E-state index contributed by atoms with van der Waals surface area (Å²) >= 11 is 0. The molecule has 14 heteroatoms. The van der Waals surface area contributed by atoms with Crippen molar-refractivity contribution in [1.82, 2.24) is 30.1 Å². The molecule has 8 unspecified atom stereocenters. The summed E-state index contributed by atoms with van der Waals surface area (Å²) in [6.45, 7) is 10.0. The summed E-state index contributed by atoms with van der Waals surface area (Å²) in [6.07, 6.45) is 3.01. The van der Waals surface area contributed by atoms with Crippen molar-refractivity contribution >= 4 is 34.6 Å². The lowest BCUT2D eigenvalue weighted by molar-refractivity contribution is -0.145. The van der Waals surface area contributed by atoms with Crippen LogP contribution in [0.4, 0.5) is 0 Å². The maximum absolute atomic E-state index is 14.0. The van der Waals surface area contributed by atoms with Crippen LogP contribution >= 0.6 is 0 Å². The minimum absolute atomic E-state index is 0.00684. The molecule has 1 heterocycles. The molecule has 2 fully saturated rings. The van der Waals surface area contributed by atoms with Crippen molar-refractivity contribution < 1.29 is 32.9 Å². The van der Waals surface area contributed by atoms with E-state index < -0.39 is 41.1 Å². The van der Waals surface area contributed by atoms with E-state index in [0.717, 1.165) is 31.2 Å². The maximum atomic E-state index is 14.0. The van der Waals surface area contributed by atoms with Crippen molar-refractivity contribution in [2.75, 3.05) is 55.5 Å². The minimum Gasteiger partial charge on any atom is -0.379 e. The molecule has 294 valence electrons. The van der Waals surface area contributed by atoms with Crippen molar-refractivity contribution in [1.29, 1.82) is 0 Å². The van der Waals surface area contributed by atoms with E-state index in [-0.39, 0.29) is 60.1 Å². The Morgan fingerprint density at radius 1 is 1.00 bits per heavy atom. The van der Waals surface area contributed by atoms with E-state index in [4.69, 9.17) is 9.47 Å². The van der Waals surface area contributed by atoms with Crippen LogP contribution in [0.1, 0.15) is 78.7 Å². The molecular formula is C38H64N6O7S. The number of rotatable bonds is 20. The fourth-order valence-corrected chi connectivity index (χ4v) is 8.67. The second-order valence-electron chi connectivity index (χ2n) is 15.1. The minimum atomic E-state index is -1.76. The molecule has 0 spiro atoms. The van der Waals surface area contributed by atoms with Gasteiger partial charge in [0.25, 0.3) is 0 Å². The number of likely N-dealkylation sites (N-methyl/N-ethyl adjacent to an activating group) is 2. The average Bonchev–Trinajstić information content (AvgIpc) is 3.78. The molecule has 1 aliphatic carbocycles. The SMILES string of the molecule is CCC(C)C(C(CC(=O)N1CCCC1C(OC)C(C)C(=O)NS(=O)c1ccc(C2(NC)CC2)cc1)OC)N(C)C(=O)CNC(=O)C(C(C)C)N(C)C. The number of likely N-dealkylation sites (tertiary alicyclic amines) is 1. The third-order valence-electron chi connectivity index (χ3n) is 11.2. The van der Waals surface area contributed by atoms with E-state index in [0.29, 0.717) is 17.9 Å². The van der Waals surface area contributed by atoms with Gasteiger partial charge in [-0.15, -0.1) is 0 Å². The van der Waals surface area contributed by atoms with Crippen LogP contribution in [-0.4, -0.2) is 128 Å². The molecule has 8 atom stereocenters. The standard InChI is InChI=1S/C38H64N6O7S/c1-12-25(4)34(43(9)32(46)23-40-37(48)33(24(2)3)42(7)8)30(50-10)22-31(45)44-21-13-14-29(44)35(51-11)26(5)36(47)41-52(49)28-17-15-27(16-18-28)38(39-6)19-20-38/h15-18,24-26,29-30,33-35,39H,12-14,19-23H2,1-11H3,(H,40,48)(H,41,47). The predicted octanol–water partition coefficient (Wildman–Crippen LogP) is 2.66. The highest BCUT2D eigenvalue weighted by atomic mass is 32.2. The van der Waals surface area contributed by atoms with Crippen LogP contribution in [-0.2, 0) is 45.2 Å². The molecule has 0 radical (unpaired) electrons. The number of benzene rings is 1. The molecule has 52 heavy (non-hydrogen) atoms. The van der Waals surface area contributed by atoms with E-state index in [1.54, 1.807) is 43.0 Å². The van der Waals surface area contributed by atoms with E-state index in [2.05, 4.69) is 15.4 Å². The number of hydrogen-bond acceptors (Lipinski definition) is 9. The van der Waals surface area contributed by atoms with Crippen LogP contribution < -0.4 is 15.4 Å². The quantitative estimate of drug-likeness (QED) is 0.183. The number of amides is 4. The zero-order valence-electron chi connectivity index (χ0n) is 33.2. The van der Waals surface area contributed by atoms with Gasteiger partial charge in [-0.3, -0.25) is 28.8 Å². The summed E-state index contributed by atoms with van der Waals surface area (Å²) in [5.74, 6) is -1.71. The van der Waals surface area contributed by atoms with Gasteiger partial charge in [0.2, 0.25) is 23.6 Å². The Morgan fingerprint density at radius 2 is 1.63 bits per heavy atom. The van der Waals surface area contributed by atoms with Gasteiger partial charge in [0.05, 0.1) is 54.1 Å². The number of nitrogens with zero attached hydrogens (tertiary/aromatic N) is 3. The Balaban J connectivity index is 1.67. The maximum Gasteiger partial charge on any atom is 0.242 e. The van der Waals surface area contributed by atoms with Gasteiger partial charge in [-0.05, 0) is 76.4 Å². The number of hydrogen-bond donors (Lipinski definition) is 3. The van der Waals surface area contributed by atoms with E-state index >= 15 is 0 Å². The van der Waals surface area contributed by atoms with Crippen LogP contribution in [0, 0.1) is 17.8 Å². The van der Waals surface area contributed by atoms with Crippen molar-refractivity contribution in [2.24, 2.45) is 17.8 Å². The number of nitrogens with one attached hydrogen (secondary N) is 3. The fourth-order valence-electron chi connectivity index (χ4n) is 7.80. The lowest BCUT2D eigenvalue weighted by Gasteiger charge is -2.39. The van der Waals surface area contributed by atoms with Crippen molar-refractivity contribution in [3.05, 3.63) is 29.8 Å². The van der Waals surface area contributed by atoms with Crippen LogP contribution in [0.2, 0.25) is 0 Å². The Kier molecular flexibility index (Phi) is 16.2. The van der Waals surface area contributed by atoms with Gasteiger partial charge < -0.3 is 29.9 Å². The molecular weight excluding hydrogens is 685 g/mol. The number of methoxy groups -OCH3 is 2. The first-order valence-electron chi connectivity index (χ1n) is 18.6. The Hall–Kier alpha value is -2.91. The van der Waals surface area contributed by atoms with Gasteiger partial charge in [-0.1, -0.05) is 53.2 Å². The molecule has 1 aliphatic heterocycles. The average molecular weight is 749 g/mol. The Labute approximate surface area is 313 Å². The molecule has 2 aliphatic rings. The smallest absolute Gasteiger partial charge is 0.242 e. The highest BCUT2D eigenvalue weighted by Gasteiger charge is 2.44. The molecule has 1 saturated heterocycles. The predicted molar refractivity (Wildman–Crippen MR) is 202 cm³/mol. The zero-order chi connectivity index (χ0) is 38.9. The van der Waals surface area contributed by atoms with Crippen LogP contribution in [0.5, 0.6) is 0 Å². The number of carbonyl (C=O) groups excluding carboxylic acids is 4. The molecule has 3 N–H and O–H groups in total. The van der Waals surface area contributed by atoms with Crippen LogP contribution in [0.3, 0.4) is 0 Å². The molecule has 0 bridgehead atoms. The molecule has 13 nitrogen and oxygen atoms in total. The summed E-state index contributed by atoms with van der Waals surface area (Å²) in [4.78, 5) is 59.5. The monoisotopic (exact) mass is 748 g/mol. The van der Waals surface area contributed by atoms with Gasteiger partial charge in [0.15, 0.2) is 11.0 Å². The topological polar surface area (TPSA) is 150 Å². The Morgan fingerprint density at radius 3 is 2.13 bits per heavy atom. The molecule has 4 amide bonds. The summed E-state index contributed by atoms with van der Waals surface area (Å²) in [5, 5.41) is 6.15. The number of carbonyl (C=O) groups is 4. The third kappa shape index (κ3) is 10.4. The second-order valence-corrected chi connectivity index (χ2v) is 16.3. The lowest BCUT2D eigenvalue weighted by Crippen LogP contribution is -2.55. The van der Waals surface area contributed by atoms with Crippen molar-refractivity contribution in [3.63, 3.8) is 0 Å². The van der Waals surface area contributed by atoms with E-state index in [1.807, 2.05) is 65.9 Å². The summed E-state index contributed by atoms with van der Waals surface area (Å²) < 4.78 is 27.6. The van der Waals surface area contributed by atoms with Gasteiger partial charge >= 0.3 is 0 Å². The van der Waals surface area contributed by atoms with E-state index in [1.165, 1.54) is 7.11 Å². The second kappa shape index (κ2) is 19.4. The third-order valence-corrected chi connectivity index (χ3v) is 12.3. The van der Waals surface area contributed by atoms with Gasteiger partial charge in [-0.2, -0.15) is 0 Å². The van der Waals surface area contributed by atoms with Crippen molar-refractivity contribution in [2.45, 2.75) is 114 Å². The first-order chi connectivity index (χ1) is 24.6. The molecule has 3 rings (SSSR count). The first-order valence-corrected chi connectivity index (χ1v) is 19.8. The van der Waals surface area contributed by atoms with Gasteiger partial charge in [0.1, 0.15) is 0 Å². The van der Waals surface area contributed by atoms with Crippen LogP contribution in [0.25, 0.3) is 0 Å². The summed E-state index contributed by atoms with van der Waals surface area (Å²) in [7, 11) is 8.62. The molecule has 0 aromatic heterocycles. The highest BCUT2D eigenvalue weighted by molar-refractivity contribution is 7.83. The van der Waals surface area contributed by atoms with Crippen LogP contribution in [0.15, 0.2) is 29.2 Å². The molecule has 1 aromatic rings.